The summed E-state index contributed by atoms with van der Waals surface area (Å²) in [5.41, 5.74) is 4.39. The van der Waals surface area contributed by atoms with E-state index in [1.54, 1.807) is 19.1 Å². The van der Waals surface area contributed by atoms with E-state index in [0.29, 0.717) is 23.8 Å². The number of hydrogen-bond donors (Lipinski definition) is 2. The molecule has 2 N–H and O–H groups in total. The number of rotatable bonds is 9. The van der Waals surface area contributed by atoms with Gasteiger partial charge < -0.3 is 5.32 Å². The smallest absolute Gasteiger partial charge is 0.240 e. The first-order valence-electron chi connectivity index (χ1n) is 12.2. The monoisotopic (exact) mass is 545 g/mol. The Kier molecular flexibility index (Phi) is 7.46. The SMILES string of the molecule is Cc1cc2nnc(SC(C)C(=O)Nc3ccc(S(=O)(=O)NCCc4ccccc4)cc3)n2c2ccccc12. The molecule has 194 valence electrons. The quantitative estimate of drug-likeness (QED) is 0.257. The highest BCUT2D eigenvalue weighted by Crippen LogP contribution is 2.28. The molecule has 0 saturated carbocycles. The van der Waals surface area contributed by atoms with Crippen molar-refractivity contribution in [3.8, 4) is 0 Å². The molecule has 5 aromatic rings. The lowest BCUT2D eigenvalue weighted by Crippen LogP contribution is -2.26. The summed E-state index contributed by atoms with van der Waals surface area (Å²) in [7, 11) is -3.65. The molecule has 0 saturated heterocycles. The molecule has 0 spiro atoms. The molecule has 0 fully saturated rings. The number of fused-ring (bicyclic) bond motifs is 3. The third-order valence-corrected chi connectivity index (χ3v) is 8.73. The predicted molar refractivity (Wildman–Crippen MR) is 151 cm³/mol. The number of nitrogens with one attached hydrogen (secondary N) is 2. The summed E-state index contributed by atoms with van der Waals surface area (Å²) in [6, 6.07) is 25.8. The maximum atomic E-state index is 12.9. The molecule has 10 heteroatoms. The molecular formula is C28H27N5O3S2. The maximum Gasteiger partial charge on any atom is 0.240 e. The first kappa shape index (κ1) is 25.9. The molecule has 0 radical (unpaired) electrons. The summed E-state index contributed by atoms with van der Waals surface area (Å²) in [4.78, 5) is 13.1. The topological polar surface area (TPSA) is 105 Å². The van der Waals surface area contributed by atoms with Crippen LogP contribution in [-0.2, 0) is 21.2 Å². The number of hydrogen-bond acceptors (Lipinski definition) is 6. The van der Waals surface area contributed by atoms with Gasteiger partial charge in [0.1, 0.15) is 0 Å². The zero-order chi connectivity index (χ0) is 26.7. The number of thioether (sulfide) groups is 1. The Labute approximate surface area is 225 Å². The number of para-hydroxylation sites is 1. The number of carbonyl (C=O) groups excluding carboxylic acids is 1. The van der Waals surface area contributed by atoms with E-state index in [9.17, 15) is 13.2 Å². The second-order valence-electron chi connectivity index (χ2n) is 8.93. The second-order valence-corrected chi connectivity index (χ2v) is 12.0. The fourth-order valence-electron chi connectivity index (χ4n) is 4.18. The van der Waals surface area contributed by atoms with E-state index in [4.69, 9.17) is 0 Å². The molecule has 1 atom stereocenters. The van der Waals surface area contributed by atoms with Gasteiger partial charge in [0.2, 0.25) is 15.9 Å². The molecule has 8 nitrogen and oxygen atoms in total. The first-order valence-corrected chi connectivity index (χ1v) is 14.5. The molecule has 2 heterocycles. The molecule has 1 amide bonds. The van der Waals surface area contributed by atoms with Crippen LogP contribution in [0, 0.1) is 6.92 Å². The Balaban J connectivity index is 1.23. The van der Waals surface area contributed by atoms with Crippen LogP contribution in [0.1, 0.15) is 18.1 Å². The lowest BCUT2D eigenvalue weighted by atomic mass is 10.1. The van der Waals surface area contributed by atoms with Crippen LogP contribution in [0.3, 0.4) is 0 Å². The van der Waals surface area contributed by atoms with Gasteiger partial charge in [0.25, 0.3) is 0 Å². The van der Waals surface area contributed by atoms with Gasteiger partial charge in [-0.3, -0.25) is 9.20 Å². The third kappa shape index (κ3) is 5.57. The Morgan fingerprint density at radius 1 is 0.974 bits per heavy atom. The molecule has 0 aliphatic rings. The zero-order valence-electron chi connectivity index (χ0n) is 21.0. The molecule has 0 bridgehead atoms. The van der Waals surface area contributed by atoms with Gasteiger partial charge in [0, 0.05) is 17.6 Å². The van der Waals surface area contributed by atoms with E-state index in [1.165, 1.54) is 23.9 Å². The Hall–Kier alpha value is -3.73. The molecule has 3 aromatic carbocycles. The minimum atomic E-state index is -3.65. The van der Waals surface area contributed by atoms with Gasteiger partial charge in [-0.25, -0.2) is 13.1 Å². The van der Waals surface area contributed by atoms with Crippen LogP contribution < -0.4 is 10.0 Å². The Bertz CT molecular complexity index is 1700. The summed E-state index contributed by atoms with van der Waals surface area (Å²) >= 11 is 1.31. The average molecular weight is 546 g/mol. The van der Waals surface area contributed by atoms with Crippen LogP contribution in [-0.4, -0.2) is 40.7 Å². The van der Waals surface area contributed by atoms with Crippen molar-refractivity contribution in [1.29, 1.82) is 0 Å². The summed E-state index contributed by atoms with van der Waals surface area (Å²) in [6.07, 6.45) is 0.598. The fraction of sp³-hybridized carbons (Fsp3) is 0.179. The van der Waals surface area contributed by atoms with Gasteiger partial charge in [-0.05, 0) is 67.8 Å². The van der Waals surface area contributed by atoms with Crippen molar-refractivity contribution < 1.29 is 13.2 Å². The van der Waals surface area contributed by atoms with Crippen molar-refractivity contribution in [3.63, 3.8) is 0 Å². The van der Waals surface area contributed by atoms with E-state index >= 15 is 0 Å². The van der Waals surface area contributed by atoms with Crippen LogP contribution in [0.15, 0.2) is 95.0 Å². The van der Waals surface area contributed by atoms with Crippen molar-refractivity contribution >= 4 is 49.9 Å². The van der Waals surface area contributed by atoms with Gasteiger partial charge in [-0.1, -0.05) is 60.3 Å². The van der Waals surface area contributed by atoms with Crippen LogP contribution >= 0.6 is 11.8 Å². The van der Waals surface area contributed by atoms with Gasteiger partial charge in [-0.2, -0.15) is 0 Å². The molecule has 2 aromatic heterocycles. The van der Waals surface area contributed by atoms with Gasteiger partial charge >= 0.3 is 0 Å². The number of pyridine rings is 1. The Morgan fingerprint density at radius 3 is 2.45 bits per heavy atom. The van der Waals surface area contributed by atoms with Crippen LogP contribution in [0.2, 0.25) is 0 Å². The van der Waals surface area contributed by atoms with E-state index in [-0.39, 0.29) is 10.8 Å². The number of aromatic nitrogens is 3. The maximum absolute atomic E-state index is 12.9. The van der Waals surface area contributed by atoms with E-state index in [1.807, 2.05) is 65.9 Å². The lowest BCUT2D eigenvalue weighted by Gasteiger charge is -2.13. The lowest BCUT2D eigenvalue weighted by molar-refractivity contribution is -0.115. The number of nitrogens with zero attached hydrogens (tertiary/aromatic N) is 3. The van der Waals surface area contributed by atoms with Crippen molar-refractivity contribution in [1.82, 2.24) is 19.3 Å². The predicted octanol–water partition coefficient (Wildman–Crippen LogP) is 4.83. The highest BCUT2D eigenvalue weighted by molar-refractivity contribution is 8.00. The van der Waals surface area contributed by atoms with E-state index in [2.05, 4.69) is 26.3 Å². The van der Waals surface area contributed by atoms with Crippen molar-refractivity contribution in [2.45, 2.75) is 35.6 Å². The molecule has 1 unspecified atom stereocenters. The normalized spacial score (nSPS) is 12.6. The molecule has 38 heavy (non-hydrogen) atoms. The fourth-order valence-corrected chi connectivity index (χ4v) is 6.08. The number of carbonyl (C=O) groups is 1. The number of sulfonamides is 1. The first-order chi connectivity index (χ1) is 18.3. The summed E-state index contributed by atoms with van der Waals surface area (Å²) in [5.74, 6) is -0.222. The number of benzene rings is 3. The van der Waals surface area contributed by atoms with Crippen molar-refractivity contribution in [2.75, 3.05) is 11.9 Å². The second kappa shape index (κ2) is 10.9. The molecule has 0 aliphatic carbocycles. The van der Waals surface area contributed by atoms with Gasteiger partial charge in [0.05, 0.1) is 15.7 Å². The van der Waals surface area contributed by atoms with E-state index in [0.717, 1.165) is 27.7 Å². The van der Waals surface area contributed by atoms with Gasteiger partial charge in [-0.15, -0.1) is 10.2 Å². The standard InChI is InChI=1S/C28H27N5O3S2/c1-19-18-26-31-32-28(33(26)25-11-7-6-10-24(19)25)37-20(2)27(34)30-22-12-14-23(15-13-22)38(35,36)29-17-16-21-8-4-3-5-9-21/h3-15,18,20,29H,16-17H2,1-2H3,(H,30,34). The number of anilines is 1. The Morgan fingerprint density at radius 2 is 1.68 bits per heavy atom. The average Bonchev–Trinajstić information content (AvgIpc) is 3.32. The van der Waals surface area contributed by atoms with Crippen LogP contribution in [0.25, 0.3) is 16.6 Å². The zero-order valence-corrected chi connectivity index (χ0v) is 22.6. The molecular weight excluding hydrogens is 518 g/mol. The molecule has 0 aliphatic heterocycles. The minimum Gasteiger partial charge on any atom is -0.325 e. The van der Waals surface area contributed by atoms with Crippen LogP contribution in [0.4, 0.5) is 5.69 Å². The largest absolute Gasteiger partial charge is 0.325 e. The highest BCUT2D eigenvalue weighted by atomic mass is 32.2. The third-order valence-electron chi connectivity index (χ3n) is 6.21. The van der Waals surface area contributed by atoms with Crippen molar-refractivity contribution in [2.24, 2.45) is 0 Å². The molecule has 5 rings (SSSR count). The summed E-state index contributed by atoms with van der Waals surface area (Å²) in [5, 5.41) is 12.7. The summed E-state index contributed by atoms with van der Waals surface area (Å²) < 4.78 is 29.9. The van der Waals surface area contributed by atoms with Gasteiger partial charge in [0.15, 0.2) is 10.8 Å². The van der Waals surface area contributed by atoms with E-state index < -0.39 is 15.3 Å². The minimum absolute atomic E-state index is 0.142. The van der Waals surface area contributed by atoms with Crippen LogP contribution in [0.5, 0.6) is 0 Å². The van der Waals surface area contributed by atoms with Crippen molar-refractivity contribution in [3.05, 3.63) is 96.1 Å². The summed E-state index contributed by atoms with van der Waals surface area (Å²) in [6.45, 7) is 4.13. The number of amides is 1. The number of aryl methyl sites for hydroxylation is 1. The highest BCUT2D eigenvalue weighted by Gasteiger charge is 2.20.